The highest BCUT2D eigenvalue weighted by Crippen LogP contribution is 2.73. The van der Waals surface area contributed by atoms with E-state index in [1.165, 1.54) is 25.3 Å². The van der Waals surface area contributed by atoms with Crippen molar-refractivity contribution in [1.29, 1.82) is 0 Å². The van der Waals surface area contributed by atoms with Crippen molar-refractivity contribution < 1.29 is 19.2 Å². The number of methoxy groups -OCH3 is 1. The average molecular weight is 340 g/mol. The SMILES string of the molecule is COc1ccc([N+](=O)[O-])cc1N1C(=O)[C@@H]2[C@@H](C1=O)[C@@H]1C=C[C@H]2C12CC2. The predicted molar refractivity (Wildman–Crippen MR) is 86.9 cm³/mol. The lowest BCUT2D eigenvalue weighted by Gasteiger charge is -2.22. The molecule has 7 nitrogen and oxygen atoms in total. The number of carbonyl (C=O) groups excluding carboxylic acids is 2. The van der Waals surface area contributed by atoms with E-state index in [0.29, 0.717) is 0 Å². The second-order valence-corrected chi connectivity index (χ2v) is 7.35. The Morgan fingerprint density at radius 2 is 1.76 bits per heavy atom. The maximum atomic E-state index is 13.1. The van der Waals surface area contributed by atoms with Crippen LogP contribution in [0.15, 0.2) is 30.4 Å². The predicted octanol–water partition coefficient (Wildman–Crippen LogP) is 2.30. The van der Waals surface area contributed by atoms with Gasteiger partial charge in [0.05, 0.1) is 23.9 Å². The Balaban J connectivity index is 1.59. The highest BCUT2D eigenvalue weighted by molar-refractivity contribution is 6.23. The molecule has 0 radical (unpaired) electrons. The third kappa shape index (κ3) is 1.61. The summed E-state index contributed by atoms with van der Waals surface area (Å²) in [5.74, 6) is -0.659. The van der Waals surface area contributed by atoms with Crippen molar-refractivity contribution in [3.05, 3.63) is 40.5 Å². The van der Waals surface area contributed by atoms with Crippen LogP contribution in [0.5, 0.6) is 5.75 Å². The lowest BCUT2D eigenvalue weighted by atomic mass is 9.85. The van der Waals surface area contributed by atoms with Crippen LogP contribution in [0.1, 0.15) is 12.8 Å². The highest BCUT2D eigenvalue weighted by Gasteiger charge is 2.73. The molecule has 2 amide bonds. The van der Waals surface area contributed by atoms with Crippen LogP contribution in [0.4, 0.5) is 11.4 Å². The molecule has 4 atom stereocenters. The van der Waals surface area contributed by atoms with E-state index in [4.69, 9.17) is 4.74 Å². The van der Waals surface area contributed by atoms with Gasteiger partial charge in [0, 0.05) is 12.1 Å². The topological polar surface area (TPSA) is 89.8 Å². The number of nitro benzene ring substituents is 1. The van der Waals surface area contributed by atoms with Crippen LogP contribution in [-0.2, 0) is 9.59 Å². The summed E-state index contributed by atoms with van der Waals surface area (Å²) in [6.45, 7) is 0. The molecule has 25 heavy (non-hydrogen) atoms. The molecule has 3 aliphatic carbocycles. The highest BCUT2D eigenvalue weighted by atomic mass is 16.6. The fourth-order valence-corrected chi connectivity index (χ4v) is 5.28. The fourth-order valence-electron chi connectivity index (χ4n) is 5.28. The molecule has 1 aliphatic heterocycles. The fraction of sp³-hybridized carbons (Fsp3) is 0.444. The van der Waals surface area contributed by atoms with Crippen molar-refractivity contribution in [3.63, 3.8) is 0 Å². The molecule has 3 fully saturated rings. The summed E-state index contributed by atoms with van der Waals surface area (Å²) in [5, 5.41) is 11.1. The van der Waals surface area contributed by atoms with Crippen LogP contribution < -0.4 is 9.64 Å². The lowest BCUT2D eigenvalue weighted by Crippen LogP contribution is -2.35. The Kier molecular flexibility index (Phi) is 2.62. The summed E-state index contributed by atoms with van der Waals surface area (Å²) < 4.78 is 5.25. The van der Waals surface area contributed by atoms with Crippen molar-refractivity contribution in [1.82, 2.24) is 0 Å². The molecule has 4 aliphatic rings. The number of non-ortho nitro benzene ring substituents is 1. The van der Waals surface area contributed by atoms with Crippen molar-refractivity contribution in [2.45, 2.75) is 12.8 Å². The van der Waals surface area contributed by atoms with E-state index >= 15 is 0 Å². The van der Waals surface area contributed by atoms with Gasteiger partial charge in [0.15, 0.2) is 0 Å². The molecule has 0 N–H and O–H groups in total. The first kappa shape index (κ1) is 14.6. The second-order valence-electron chi connectivity index (χ2n) is 7.35. The summed E-state index contributed by atoms with van der Waals surface area (Å²) in [7, 11) is 1.42. The minimum absolute atomic E-state index is 0.119. The first-order valence-electron chi connectivity index (χ1n) is 8.38. The largest absolute Gasteiger partial charge is 0.495 e. The number of hydrogen-bond acceptors (Lipinski definition) is 5. The van der Waals surface area contributed by atoms with Crippen LogP contribution in [0.2, 0.25) is 0 Å². The number of hydrogen-bond donors (Lipinski definition) is 0. The lowest BCUT2D eigenvalue weighted by molar-refractivity contribution is -0.384. The smallest absolute Gasteiger partial charge is 0.271 e. The van der Waals surface area contributed by atoms with E-state index < -0.39 is 4.92 Å². The van der Waals surface area contributed by atoms with Crippen LogP contribution in [0, 0.1) is 39.2 Å². The van der Waals surface area contributed by atoms with Crippen LogP contribution in [0.25, 0.3) is 0 Å². The van der Waals surface area contributed by atoms with Gasteiger partial charge < -0.3 is 4.74 Å². The summed E-state index contributed by atoms with van der Waals surface area (Å²) >= 11 is 0. The molecule has 2 saturated carbocycles. The number of carbonyl (C=O) groups is 2. The number of rotatable bonds is 3. The molecule has 7 heteroatoms. The van der Waals surface area contributed by atoms with Gasteiger partial charge in [0.2, 0.25) is 11.8 Å². The number of nitrogens with zero attached hydrogens (tertiary/aromatic N) is 2. The summed E-state index contributed by atoms with van der Waals surface area (Å²) in [6, 6.07) is 3.98. The van der Waals surface area contributed by atoms with E-state index in [1.54, 1.807) is 0 Å². The zero-order valence-electron chi connectivity index (χ0n) is 13.5. The molecule has 5 rings (SSSR count). The molecule has 1 aromatic carbocycles. The Hall–Kier alpha value is -2.70. The van der Waals surface area contributed by atoms with E-state index in [-0.39, 0.29) is 58.0 Å². The second kappa shape index (κ2) is 4.47. The van der Waals surface area contributed by atoms with Crippen molar-refractivity contribution in [3.8, 4) is 5.75 Å². The number of fused-ring (bicyclic) bond motifs is 3. The maximum absolute atomic E-state index is 13.1. The minimum Gasteiger partial charge on any atom is -0.495 e. The molecule has 2 bridgehead atoms. The third-order valence-electron chi connectivity index (χ3n) is 6.47. The van der Waals surface area contributed by atoms with E-state index in [2.05, 4.69) is 12.2 Å². The number of benzene rings is 1. The van der Waals surface area contributed by atoms with Gasteiger partial charge in [-0.05, 0) is 36.2 Å². The van der Waals surface area contributed by atoms with Gasteiger partial charge in [-0.25, -0.2) is 4.90 Å². The maximum Gasteiger partial charge on any atom is 0.271 e. The number of anilines is 1. The molecular weight excluding hydrogens is 324 g/mol. The van der Waals surface area contributed by atoms with Crippen LogP contribution in [-0.4, -0.2) is 23.8 Å². The molecular formula is C18H16N2O5. The van der Waals surface area contributed by atoms with Crippen molar-refractivity contribution in [2.24, 2.45) is 29.1 Å². The molecule has 0 unspecified atom stereocenters. The number of allylic oxidation sites excluding steroid dienone is 2. The van der Waals surface area contributed by atoms with Crippen molar-refractivity contribution in [2.75, 3.05) is 12.0 Å². The normalized spacial score (nSPS) is 33.2. The van der Waals surface area contributed by atoms with Gasteiger partial charge in [0.25, 0.3) is 5.69 Å². The average Bonchev–Trinajstić information content (AvgIpc) is 3.19. The zero-order valence-corrected chi connectivity index (χ0v) is 13.5. The van der Waals surface area contributed by atoms with E-state index in [0.717, 1.165) is 17.7 Å². The number of imide groups is 1. The Labute approximate surface area is 143 Å². The number of nitro groups is 1. The number of amides is 2. The third-order valence-corrected chi connectivity index (χ3v) is 6.47. The van der Waals surface area contributed by atoms with Crippen molar-refractivity contribution >= 4 is 23.2 Å². The van der Waals surface area contributed by atoms with Crippen LogP contribution >= 0.6 is 0 Å². The summed E-state index contributed by atoms with van der Waals surface area (Å²) in [5.41, 5.74) is 0.123. The van der Waals surface area contributed by atoms with E-state index in [1.807, 2.05) is 0 Å². The zero-order chi connectivity index (χ0) is 17.5. The minimum atomic E-state index is -0.542. The molecule has 1 spiro atoms. The molecule has 1 saturated heterocycles. The standard InChI is InChI=1S/C18H16N2O5/c1-25-13-5-2-9(20(23)24)8-12(13)19-16(21)14-10-3-4-11(15(14)17(19)22)18(10)6-7-18/h2-5,8,10-11,14-15H,6-7H2,1H3/t10-,11+,14-,15-/m0/s1. The van der Waals surface area contributed by atoms with Gasteiger partial charge in [0.1, 0.15) is 11.4 Å². The summed E-state index contributed by atoms with van der Waals surface area (Å²) in [4.78, 5) is 37.9. The first-order chi connectivity index (χ1) is 12.0. The molecule has 0 aromatic heterocycles. The van der Waals surface area contributed by atoms with E-state index in [9.17, 15) is 19.7 Å². The van der Waals surface area contributed by atoms with Gasteiger partial charge >= 0.3 is 0 Å². The molecule has 128 valence electrons. The Bertz CT molecular complexity index is 838. The molecule has 1 heterocycles. The first-order valence-corrected chi connectivity index (χ1v) is 8.38. The van der Waals surface area contributed by atoms with Gasteiger partial charge in [-0.1, -0.05) is 12.2 Å². The monoisotopic (exact) mass is 340 g/mol. The number of ether oxygens (including phenoxy) is 1. The van der Waals surface area contributed by atoms with Gasteiger partial charge in [-0.15, -0.1) is 0 Å². The van der Waals surface area contributed by atoms with Crippen LogP contribution in [0.3, 0.4) is 0 Å². The Morgan fingerprint density at radius 1 is 1.16 bits per heavy atom. The Morgan fingerprint density at radius 3 is 2.24 bits per heavy atom. The van der Waals surface area contributed by atoms with Gasteiger partial charge in [-0.2, -0.15) is 0 Å². The molecule has 1 aromatic rings. The quantitative estimate of drug-likeness (QED) is 0.364. The summed E-state index contributed by atoms with van der Waals surface area (Å²) in [6.07, 6.45) is 6.34. The van der Waals surface area contributed by atoms with Gasteiger partial charge in [-0.3, -0.25) is 19.7 Å².